The van der Waals surface area contributed by atoms with Crippen molar-refractivity contribution in [3.05, 3.63) is 71.8 Å². The average Bonchev–Trinajstić information content (AvgIpc) is 3.44. The Bertz CT molecular complexity index is 2010. The molecule has 0 heterocycles. The Kier molecular flexibility index (Phi) is 39.0. The van der Waals surface area contributed by atoms with Crippen molar-refractivity contribution in [3.63, 3.8) is 0 Å². The van der Waals surface area contributed by atoms with Gasteiger partial charge in [-0.2, -0.15) is 0 Å². The van der Waals surface area contributed by atoms with Crippen molar-refractivity contribution < 1.29 is 66.7 Å². The van der Waals surface area contributed by atoms with Gasteiger partial charge < -0.3 is 54.0 Å². The lowest BCUT2D eigenvalue weighted by atomic mass is 10.1. The Balaban J connectivity index is 1.81. The van der Waals surface area contributed by atoms with Crippen molar-refractivity contribution >= 4 is 57.6 Å². The number of carbonyl (C=O) groups is 7. The number of nitrogens with zero attached hydrogens (tertiary/aromatic N) is 1. The van der Waals surface area contributed by atoms with Crippen molar-refractivity contribution in [1.82, 2.24) is 31.5 Å². The van der Waals surface area contributed by atoms with Crippen LogP contribution in [-0.4, -0.2) is 199 Å². The highest BCUT2D eigenvalue weighted by Crippen LogP contribution is 2.13. The van der Waals surface area contributed by atoms with Gasteiger partial charge in [0.2, 0.25) is 11.8 Å². The number of carbonyl (C=O) groups excluding carboxylic acids is 7. The quantitative estimate of drug-likeness (QED) is 0.0142. The monoisotopic (exact) mass is 1200 g/mol. The van der Waals surface area contributed by atoms with E-state index in [9.17, 15) is 33.6 Å². The van der Waals surface area contributed by atoms with Crippen LogP contribution in [0.3, 0.4) is 0 Å². The van der Waals surface area contributed by atoms with E-state index in [0.29, 0.717) is 96.8 Å². The van der Waals surface area contributed by atoms with Crippen LogP contribution in [0.2, 0.25) is 51.4 Å². The van der Waals surface area contributed by atoms with Crippen LogP contribution in [0.5, 0.6) is 0 Å². The molecule has 83 heavy (non-hydrogen) atoms. The third kappa shape index (κ3) is 41.7. The molecule has 0 aliphatic carbocycles. The van der Waals surface area contributed by atoms with Gasteiger partial charge in [0.25, 0.3) is 0 Å². The van der Waals surface area contributed by atoms with Crippen LogP contribution < -0.4 is 26.6 Å². The SMILES string of the molecule is CC(C)(C)OC(=O)NCCOCCOCCOCCOCCN(CCCCCNC(=O)CC[C@H](NCC(=O)c1ccccc1)C(=O)OCC[Si](C)(C)C)CCCCCNC(=O)CC[C@H](NCC(=O)c1ccccc1)C(=O)OCC[Si](C)(C)C. The van der Waals surface area contributed by atoms with Gasteiger partial charge in [0.15, 0.2) is 11.6 Å². The zero-order chi connectivity index (χ0) is 61.2. The Morgan fingerprint density at radius 2 is 0.867 bits per heavy atom. The topological polar surface area (TPSA) is 247 Å². The Hall–Kier alpha value is -4.92. The van der Waals surface area contributed by atoms with Crippen molar-refractivity contribution in [2.75, 3.05) is 118 Å². The zero-order valence-electron chi connectivity index (χ0n) is 51.8. The van der Waals surface area contributed by atoms with Gasteiger partial charge in [-0.3, -0.25) is 39.4 Å². The number of alkyl carbamates (subject to hydrolysis) is 1. The molecule has 0 unspecified atom stereocenters. The highest BCUT2D eigenvalue weighted by molar-refractivity contribution is 6.76. The van der Waals surface area contributed by atoms with Gasteiger partial charge in [-0.25, -0.2) is 4.79 Å². The fourth-order valence-corrected chi connectivity index (χ4v) is 9.32. The molecule has 2 atom stereocenters. The number of ether oxygens (including phenoxy) is 7. The first-order valence-electron chi connectivity index (χ1n) is 30.0. The second-order valence-electron chi connectivity index (χ2n) is 24.0. The molecule has 22 heteroatoms. The molecule has 0 saturated carbocycles. The summed E-state index contributed by atoms with van der Waals surface area (Å²) in [5.41, 5.74) is 0.530. The minimum absolute atomic E-state index is 0.0486. The molecule has 0 aliphatic heterocycles. The fraction of sp³-hybridized carbons (Fsp3) is 0.689. The number of unbranched alkanes of at least 4 members (excludes halogenated alkanes) is 4. The number of esters is 2. The summed E-state index contributed by atoms with van der Waals surface area (Å²) in [6.45, 7) is 26.3. The van der Waals surface area contributed by atoms with Crippen LogP contribution in [0.25, 0.3) is 0 Å². The van der Waals surface area contributed by atoms with Crippen LogP contribution in [0.15, 0.2) is 60.7 Å². The summed E-state index contributed by atoms with van der Waals surface area (Å²) in [6, 6.07) is 17.8. The Labute approximate surface area is 498 Å². The van der Waals surface area contributed by atoms with E-state index >= 15 is 0 Å². The zero-order valence-corrected chi connectivity index (χ0v) is 53.8. The second-order valence-corrected chi connectivity index (χ2v) is 35.3. The molecule has 3 amide bonds. The highest BCUT2D eigenvalue weighted by Gasteiger charge is 2.25. The second kappa shape index (κ2) is 43.7. The lowest BCUT2D eigenvalue weighted by Crippen LogP contribution is -2.42. The molecule has 20 nitrogen and oxygen atoms in total. The Morgan fingerprint density at radius 1 is 0.470 bits per heavy atom. The highest BCUT2D eigenvalue weighted by atomic mass is 28.3. The molecule has 2 aromatic rings. The molecule has 0 radical (unpaired) electrons. The summed E-state index contributed by atoms with van der Waals surface area (Å²) < 4.78 is 39.1. The minimum atomic E-state index is -1.44. The summed E-state index contributed by atoms with van der Waals surface area (Å²) in [5, 5.41) is 14.7. The fourth-order valence-electron chi connectivity index (χ4n) is 7.90. The maximum absolute atomic E-state index is 13.1. The van der Waals surface area contributed by atoms with Crippen molar-refractivity contribution in [2.45, 2.75) is 154 Å². The number of Topliss-reactive ketones (excluding diaryl/α,β-unsaturated/α-hetero) is 2. The predicted octanol–water partition coefficient (Wildman–Crippen LogP) is 7.46. The molecule has 5 N–H and O–H groups in total. The number of amides is 3. The molecule has 0 saturated heterocycles. The normalized spacial score (nSPS) is 12.6. The van der Waals surface area contributed by atoms with E-state index in [1.165, 1.54) is 0 Å². The van der Waals surface area contributed by atoms with E-state index in [1.54, 1.807) is 69.3 Å². The molecule has 0 fully saturated rings. The standard InChI is InChI=1S/C61H104N6O14Si2/c1-61(2,3)81-60(74)64-32-36-75-38-40-77-42-43-78-41-39-76-37-35-67(33-20-12-18-30-62-56(70)28-26-52(58(72)79-44-46-82(4,5)6)65-48-54(68)50-22-14-10-15-23-50)34-21-13-19-31-63-57(71)29-27-53(59(73)80-45-47-83(7,8)9)66-49-55(69)51-24-16-11-17-25-51/h10-11,14-17,22-25,52-53,65-66H,12-13,18-21,26-49H2,1-9H3,(H,62,70)(H,63,71)(H,64,74)/t52-,53-/m0/s1. The van der Waals surface area contributed by atoms with Gasteiger partial charge in [-0.05, 0) is 84.5 Å². The van der Waals surface area contributed by atoms with E-state index < -0.39 is 51.9 Å². The van der Waals surface area contributed by atoms with E-state index in [-0.39, 0.29) is 62.2 Å². The van der Waals surface area contributed by atoms with Crippen molar-refractivity contribution in [2.24, 2.45) is 0 Å². The third-order valence-corrected chi connectivity index (χ3v) is 16.2. The van der Waals surface area contributed by atoms with Crippen LogP contribution >= 0.6 is 0 Å². The van der Waals surface area contributed by atoms with Gasteiger partial charge in [-0.15, -0.1) is 0 Å². The maximum atomic E-state index is 13.1. The molecule has 0 aromatic heterocycles. The van der Waals surface area contributed by atoms with Crippen LogP contribution in [0.1, 0.15) is 106 Å². The van der Waals surface area contributed by atoms with Gasteiger partial charge >= 0.3 is 18.0 Å². The lowest BCUT2D eigenvalue weighted by Gasteiger charge is -2.22. The van der Waals surface area contributed by atoms with Crippen molar-refractivity contribution in [1.29, 1.82) is 0 Å². The summed E-state index contributed by atoms with van der Waals surface area (Å²) in [4.78, 5) is 91.9. The van der Waals surface area contributed by atoms with Crippen LogP contribution in [-0.2, 0) is 52.3 Å². The molecule has 2 aromatic carbocycles. The van der Waals surface area contributed by atoms with Gasteiger partial charge in [0.1, 0.15) is 17.7 Å². The summed E-state index contributed by atoms with van der Waals surface area (Å²) in [7, 11) is -2.88. The van der Waals surface area contributed by atoms with E-state index in [2.05, 4.69) is 70.8 Å². The lowest BCUT2D eigenvalue weighted by molar-refractivity contribution is -0.146. The largest absolute Gasteiger partial charge is 0.465 e. The molecule has 0 aliphatic rings. The maximum Gasteiger partial charge on any atom is 0.407 e. The van der Waals surface area contributed by atoms with Gasteiger partial charge in [0.05, 0.1) is 79.2 Å². The molecule has 0 spiro atoms. The first kappa shape index (κ1) is 74.2. The van der Waals surface area contributed by atoms with Crippen molar-refractivity contribution in [3.8, 4) is 0 Å². The van der Waals surface area contributed by atoms with Crippen LogP contribution in [0.4, 0.5) is 4.79 Å². The number of rotatable bonds is 49. The van der Waals surface area contributed by atoms with E-state index in [4.69, 9.17) is 33.2 Å². The molecule has 2 rings (SSSR count). The average molecular weight is 1200 g/mol. The summed E-state index contributed by atoms with van der Waals surface area (Å²) >= 11 is 0. The Morgan fingerprint density at radius 3 is 1.27 bits per heavy atom. The predicted molar refractivity (Wildman–Crippen MR) is 329 cm³/mol. The number of hydrogen-bond acceptors (Lipinski definition) is 17. The first-order valence-corrected chi connectivity index (χ1v) is 37.4. The minimum Gasteiger partial charge on any atom is -0.465 e. The number of nitrogens with one attached hydrogen (secondary N) is 5. The molecule has 0 bridgehead atoms. The van der Waals surface area contributed by atoms with E-state index in [0.717, 1.165) is 70.2 Å². The molecular formula is C61H104N6O14Si2. The van der Waals surface area contributed by atoms with Gasteiger partial charge in [0, 0.05) is 66.3 Å². The third-order valence-electron chi connectivity index (χ3n) is 12.8. The van der Waals surface area contributed by atoms with E-state index in [1.807, 2.05) is 12.1 Å². The number of benzene rings is 2. The molecule has 470 valence electrons. The number of hydrogen-bond donors (Lipinski definition) is 5. The number of ketones is 2. The van der Waals surface area contributed by atoms with Gasteiger partial charge in [-0.1, -0.05) is 113 Å². The smallest absolute Gasteiger partial charge is 0.407 e. The summed E-state index contributed by atoms with van der Waals surface area (Å²) in [5.74, 6) is -1.53. The molecular weight excluding hydrogens is 1100 g/mol. The summed E-state index contributed by atoms with van der Waals surface area (Å²) in [6.07, 6.45) is 5.32. The van der Waals surface area contributed by atoms with Crippen LogP contribution in [0, 0.1) is 0 Å². The first-order chi connectivity index (χ1) is 39.5.